The fourth-order valence-electron chi connectivity index (χ4n) is 5.34. The zero-order chi connectivity index (χ0) is 21.5. The molecular weight excluding hydrogens is 380 g/mol. The molecule has 1 aliphatic heterocycles. The van der Waals surface area contributed by atoms with Crippen molar-refractivity contribution in [1.29, 1.82) is 0 Å². The summed E-state index contributed by atoms with van der Waals surface area (Å²) in [7, 11) is 0. The van der Waals surface area contributed by atoms with Gasteiger partial charge < -0.3 is 9.47 Å². The van der Waals surface area contributed by atoms with Crippen molar-refractivity contribution in [2.45, 2.75) is 89.8 Å². The van der Waals surface area contributed by atoms with E-state index in [1.54, 1.807) is 0 Å². The molecule has 1 heterocycles. The van der Waals surface area contributed by atoms with Crippen molar-refractivity contribution in [1.82, 2.24) is 0 Å². The van der Waals surface area contributed by atoms with Crippen molar-refractivity contribution in [2.24, 2.45) is 5.92 Å². The molecule has 0 spiro atoms. The smallest absolute Gasteiger partial charge is 0.183 e. The van der Waals surface area contributed by atoms with E-state index in [4.69, 9.17) is 9.47 Å². The standard InChI is InChI=1S/C29H40O2/c1-3-5-7-23-10-14-27(15-11-23)29-30-20-28(21-31-29)26-18-16-25(17-19-26)24-12-8-22(6-4-2)9-13-24/h10-11,14-19,22,24,28-29H,3-9,12-13,20-21H2,1-2H3/t22-,24-,28?,29?. The monoisotopic (exact) mass is 420 g/mol. The molecule has 1 saturated heterocycles. The molecule has 2 nitrogen and oxygen atoms in total. The minimum Gasteiger partial charge on any atom is -0.348 e. The van der Waals surface area contributed by atoms with E-state index in [1.807, 2.05) is 0 Å². The molecule has 0 aromatic heterocycles. The first-order chi connectivity index (χ1) is 15.3. The summed E-state index contributed by atoms with van der Waals surface area (Å²) in [5.74, 6) is 2.05. The van der Waals surface area contributed by atoms with E-state index in [-0.39, 0.29) is 6.29 Å². The zero-order valence-electron chi connectivity index (χ0n) is 19.5. The van der Waals surface area contributed by atoms with Crippen LogP contribution in [0.25, 0.3) is 0 Å². The lowest BCUT2D eigenvalue weighted by molar-refractivity contribution is -0.191. The summed E-state index contributed by atoms with van der Waals surface area (Å²) in [5.41, 5.74) is 5.40. The van der Waals surface area contributed by atoms with Crippen LogP contribution >= 0.6 is 0 Å². The number of rotatable bonds is 8. The third-order valence-electron chi connectivity index (χ3n) is 7.39. The molecule has 4 rings (SSSR count). The predicted octanol–water partition coefficient (Wildman–Crippen LogP) is 7.93. The van der Waals surface area contributed by atoms with Crippen molar-refractivity contribution in [3.8, 4) is 0 Å². The predicted molar refractivity (Wildman–Crippen MR) is 128 cm³/mol. The maximum absolute atomic E-state index is 6.11. The third-order valence-corrected chi connectivity index (χ3v) is 7.39. The molecule has 1 saturated carbocycles. The van der Waals surface area contributed by atoms with Crippen molar-refractivity contribution in [2.75, 3.05) is 13.2 Å². The number of hydrogen-bond acceptors (Lipinski definition) is 2. The van der Waals surface area contributed by atoms with Gasteiger partial charge in [-0.25, -0.2) is 0 Å². The van der Waals surface area contributed by atoms with Crippen LogP contribution in [0, 0.1) is 5.92 Å². The van der Waals surface area contributed by atoms with Gasteiger partial charge in [-0.2, -0.15) is 0 Å². The molecule has 168 valence electrons. The highest BCUT2D eigenvalue weighted by atomic mass is 16.7. The van der Waals surface area contributed by atoms with Gasteiger partial charge in [0.1, 0.15) is 0 Å². The van der Waals surface area contributed by atoms with E-state index in [1.165, 1.54) is 68.1 Å². The summed E-state index contributed by atoms with van der Waals surface area (Å²) >= 11 is 0. The molecule has 1 aliphatic carbocycles. The Morgan fingerprint density at radius 3 is 1.84 bits per heavy atom. The molecule has 0 N–H and O–H groups in total. The highest BCUT2D eigenvalue weighted by Crippen LogP contribution is 2.38. The largest absolute Gasteiger partial charge is 0.348 e. The summed E-state index contributed by atoms with van der Waals surface area (Å²) in [6.07, 6.45) is 11.7. The van der Waals surface area contributed by atoms with Crippen molar-refractivity contribution < 1.29 is 9.47 Å². The summed E-state index contributed by atoms with van der Waals surface area (Å²) in [6.45, 7) is 6.00. The van der Waals surface area contributed by atoms with Crippen LogP contribution in [0.4, 0.5) is 0 Å². The Morgan fingerprint density at radius 1 is 0.677 bits per heavy atom. The first-order valence-electron chi connectivity index (χ1n) is 12.7. The zero-order valence-corrected chi connectivity index (χ0v) is 19.5. The Labute approximate surface area is 189 Å². The van der Waals surface area contributed by atoms with Crippen LogP contribution in [0.5, 0.6) is 0 Å². The second-order valence-electron chi connectivity index (χ2n) is 9.71. The third kappa shape index (κ3) is 5.99. The number of aryl methyl sites for hydroxylation is 1. The molecular formula is C29H40O2. The van der Waals surface area contributed by atoms with E-state index in [2.05, 4.69) is 62.4 Å². The molecule has 0 bridgehead atoms. The van der Waals surface area contributed by atoms with Gasteiger partial charge in [0.15, 0.2) is 6.29 Å². The van der Waals surface area contributed by atoms with Crippen LogP contribution in [0.3, 0.4) is 0 Å². The maximum atomic E-state index is 6.11. The minimum absolute atomic E-state index is 0.228. The molecule has 0 unspecified atom stereocenters. The normalized spacial score (nSPS) is 26.6. The Balaban J connectivity index is 1.27. The molecule has 2 aromatic carbocycles. The number of benzene rings is 2. The van der Waals surface area contributed by atoms with Gasteiger partial charge in [0, 0.05) is 11.5 Å². The maximum Gasteiger partial charge on any atom is 0.183 e. The molecule has 2 fully saturated rings. The van der Waals surface area contributed by atoms with E-state index in [0.29, 0.717) is 5.92 Å². The first kappa shape index (κ1) is 22.6. The van der Waals surface area contributed by atoms with Gasteiger partial charge in [-0.15, -0.1) is 0 Å². The number of unbranched alkanes of at least 4 members (excludes halogenated alkanes) is 1. The molecule has 2 aliphatic rings. The lowest BCUT2D eigenvalue weighted by atomic mass is 9.77. The van der Waals surface area contributed by atoms with Gasteiger partial charge in [-0.3, -0.25) is 0 Å². The van der Waals surface area contributed by atoms with Crippen LogP contribution in [-0.2, 0) is 15.9 Å². The molecule has 0 amide bonds. The van der Waals surface area contributed by atoms with Gasteiger partial charge in [0.25, 0.3) is 0 Å². The van der Waals surface area contributed by atoms with Crippen molar-refractivity contribution in [3.63, 3.8) is 0 Å². The SMILES string of the molecule is CCCCc1ccc(C2OCC(c3ccc([C@H]4CC[C@H](CCC)CC4)cc3)CO2)cc1. The molecule has 0 radical (unpaired) electrons. The van der Waals surface area contributed by atoms with Gasteiger partial charge in [-0.05, 0) is 67.1 Å². The summed E-state index contributed by atoms with van der Waals surface area (Å²) < 4.78 is 12.2. The average Bonchev–Trinajstić information content (AvgIpc) is 2.84. The summed E-state index contributed by atoms with van der Waals surface area (Å²) in [4.78, 5) is 0. The number of hydrogen-bond donors (Lipinski definition) is 0. The Kier molecular flexibility index (Phi) is 8.21. The highest BCUT2D eigenvalue weighted by Gasteiger charge is 2.26. The average molecular weight is 421 g/mol. The van der Waals surface area contributed by atoms with Crippen LogP contribution in [0.2, 0.25) is 0 Å². The van der Waals surface area contributed by atoms with Gasteiger partial charge >= 0.3 is 0 Å². The van der Waals surface area contributed by atoms with Crippen molar-refractivity contribution in [3.05, 3.63) is 70.8 Å². The summed E-state index contributed by atoms with van der Waals surface area (Å²) in [5, 5.41) is 0. The van der Waals surface area contributed by atoms with E-state index in [0.717, 1.165) is 37.0 Å². The van der Waals surface area contributed by atoms with Crippen LogP contribution in [-0.4, -0.2) is 13.2 Å². The summed E-state index contributed by atoms with van der Waals surface area (Å²) in [6, 6.07) is 18.1. The highest BCUT2D eigenvalue weighted by molar-refractivity contribution is 5.29. The fourth-order valence-corrected chi connectivity index (χ4v) is 5.34. The van der Waals surface area contributed by atoms with Gasteiger partial charge in [-0.1, -0.05) is 81.6 Å². The topological polar surface area (TPSA) is 18.5 Å². The lowest BCUT2D eigenvalue weighted by Gasteiger charge is -2.31. The molecule has 2 aromatic rings. The first-order valence-corrected chi connectivity index (χ1v) is 12.7. The Bertz CT molecular complexity index is 763. The second-order valence-corrected chi connectivity index (χ2v) is 9.71. The quantitative estimate of drug-likeness (QED) is 0.431. The van der Waals surface area contributed by atoms with Gasteiger partial charge in [0.05, 0.1) is 13.2 Å². The van der Waals surface area contributed by atoms with Crippen LogP contribution in [0.15, 0.2) is 48.5 Å². The fraction of sp³-hybridized carbons (Fsp3) is 0.586. The van der Waals surface area contributed by atoms with Crippen LogP contribution < -0.4 is 0 Å². The lowest BCUT2D eigenvalue weighted by Crippen LogP contribution is -2.25. The minimum atomic E-state index is -0.228. The van der Waals surface area contributed by atoms with E-state index in [9.17, 15) is 0 Å². The molecule has 2 heteroatoms. The Morgan fingerprint density at radius 2 is 1.26 bits per heavy atom. The second kappa shape index (κ2) is 11.3. The Hall–Kier alpha value is -1.64. The van der Waals surface area contributed by atoms with E-state index < -0.39 is 0 Å². The molecule has 31 heavy (non-hydrogen) atoms. The van der Waals surface area contributed by atoms with Crippen molar-refractivity contribution >= 4 is 0 Å². The van der Waals surface area contributed by atoms with E-state index >= 15 is 0 Å². The number of ether oxygens (including phenoxy) is 2. The van der Waals surface area contributed by atoms with Gasteiger partial charge in [0.2, 0.25) is 0 Å². The van der Waals surface area contributed by atoms with Crippen LogP contribution in [0.1, 0.15) is 106 Å². The molecule has 0 atom stereocenters.